The van der Waals surface area contributed by atoms with Crippen molar-refractivity contribution in [2.75, 3.05) is 43.4 Å². The van der Waals surface area contributed by atoms with Crippen LogP contribution in [0, 0.1) is 18.3 Å². The lowest BCUT2D eigenvalue weighted by Gasteiger charge is -2.38. The molecule has 0 bridgehead atoms. The Hall–Kier alpha value is -3.88. The first-order chi connectivity index (χ1) is 17.6. The van der Waals surface area contributed by atoms with Crippen LogP contribution in [0.2, 0.25) is 0 Å². The molecule has 0 saturated carbocycles. The number of aliphatic hydroxyl groups is 1. The van der Waals surface area contributed by atoms with Crippen LogP contribution >= 0.6 is 0 Å². The molecule has 0 aliphatic carbocycles. The Kier molecular flexibility index (Phi) is 6.17. The molecule has 1 fully saturated rings. The van der Waals surface area contributed by atoms with Crippen molar-refractivity contribution in [1.82, 2.24) is 19.4 Å². The summed E-state index contributed by atoms with van der Waals surface area (Å²) >= 11 is 0. The lowest BCUT2D eigenvalue weighted by Crippen LogP contribution is -2.56. The van der Waals surface area contributed by atoms with E-state index in [1.54, 1.807) is 35.5 Å². The number of likely N-dealkylation sites (tertiary alicyclic amines) is 1. The molecule has 5 rings (SSSR count). The van der Waals surface area contributed by atoms with Crippen molar-refractivity contribution in [1.29, 1.82) is 5.26 Å². The van der Waals surface area contributed by atoms with E-state index in [2.05, 4.69) is 26.7 Å². The number of alkyl halides is 2. The smallest absolute Gasteiger partial charge is 0.274 e. The number of aryl methyl sites for hydroxylation is 1. The summed E-state index contributed by atoms with van der Waals surface area (Å²) in [4.78, 5) is 23.5. The molecule has 2 aliphatic heterocycles. The third-order valence-electron chi connectivity index (χ3n) is 6.90. The minimum absolute atomic E-state index is 0.0717. The number of anilines is 3. The Bertz CT molecular complexity index is 1460. The first kappa shape index (κ1) is 24.8. The highest BCUT2D eigenvalue weighted by molar-refractivity contribution is 5.76. The molecule has 3 N–H and O–H groups in total. The Balaban J connectivity index is 1.41. The molecule has 0 spiro atoms. The summed E-state index contributed by atoms with van der Waals surface area (Å²) in [5.74, 6) is -2.44. The van der Waals surface area contributed by atoms with E-state index < -0.39 is 11.3 Å². The highest BCUT2D eigenvalue weighted by Gasteiger charge is 2.43. The topological polar surface area (TPSA) is 119 Å². The van der Waals surface area contributed by atoms with Gasteiger partial charge in [-0.1, -0.05) is 6.92 Å². The molecule has 4 heterocycles. The standard InChI is InChI=1S/C26H27F2N7O2/c1-16-7-21(23(37)35(11-16)6-5-34-13-26(27,28)14-34)33-24-30-4-3-20(32-24)17-8-18(10-29)22-19(9-17)25(2,15-36)12-31-22/h3-4,7-9,11,31,36H,5-6,12-15H2,1-2H3,(H,30,32,33)/t25-/m1/s1. The van der Waals surface area contributed by atoms with E-state index in [0.717, 1.165) is 16.8 Å². The zero-order valence-electron chi connectivity index (χ0n) is 20.6. The highest BCUT2D eigenvalue weighted by atomic mass is 19.3. The molecule has 1 atom stereocenters. The van der Waals surface area contributed by atoms with Gasteiger partial charge in [-0.25, -0.2) is 18.7 Å². The molecule has 1 saturated heterocycles. The van der Waals surface area contributed by atoms with E-state index in [4.69, 9.17) is 0 Å². The molecular formula is C26H27F2N7O2. The average molecular weight is 508 g/mol. The van der Waals surface area contributed by atoms with E-state index >= 15 is 0 Å². The van der Waals surface area contributed by atoms with Crippen LogP contribution < -0.4 is 16.2 Å². The zero-order chi connectivity index (χ0) is 26.4. The van der Waals surface area contributed by atoms with Crippen LogP contribution in [0.1, 0.15) is 23.6 Å². The zero-order valence-corrected chi connectivity index (χ0v) is 20.6. The number of fused-ring (bicyclic) bond motifs is 1. The summed E-state index contributed by atoms with van der Waals surface area (Å²) in [5.41, 5.74) is 3.53. The molecule has 2 aliphatic rings. The first-order valence-corrected chi connectivity index (χ1v) is 12.0. The van der Waals surface area contributed by atoms with Crippen LogP contribution in [0.5, 0.6) is 0 Å². The maximum Gasteiger partial charge on any atom is 0.274 e. The van der Waals surface area contributed by atoms with Crippen molar-refractivity contribution in [2.45, 2.75) is 31.7 Å². The van der Waals surface area contributed by atoms with Crippen molar-refractivity contribution >= 4 is 17.3 Å². The van der Waals surface area contributed by atoms with Gasteiger partial charge in [0.1, 0.15) is 11.8 Å². The minimum Gasteiger partial charge on any atom is -0.395 e. The Labute approximate surface area is 212 Å². The van der Waals surface area contributed by atoms with Gasteiger partial charge < -0.3 is 20.3 Å². The first-order valence-electron chi connectivity index (χ1n) is 12.0. The van der Waals surface area contributed by atoms with E-state index in [-0.39, 0.29) is 43.4 Å². The predicted octanol–water partition coefficient (Wildman–Crippen LogP) is 2.86. The summed E-state index contributed by atoms with van der Waals surface area (Å²) in [6, 6.07) is 9.27. The summed E-state index contributed by atoms with van der Waals surface area (Å²) in [6.45, 7) is 4.29. The van der Waals surface area contributed by atoms with E-state index in [1.807, 2.05) is 19.9 Å². The van der Waals surface area contributed by atoms with Crippen LogP contribution in [0.4, 0.5) is 26.1 Å². The third-order valence-corrected chi connectivity index (χ3v) is 6.90. The van der Waals surface area contributed by atoms with Crippen LogP contribution in [-0.4, -0.2) is 63.2 Å². The molecule has 9 nitrogen and oxygen atoms in total. The molecule has 37 heavy (non-hydrogen) atoms. The number of hydrogen-bond acceptors (Lipinski definition) is 8. The van der Waals surface area contributed by atoms with Gasteiger partial charge in [0, 0.05) is 43.0 Å². The second kappa shape index (κ2) is 9.21. The second-order valence-electron chi connectivity index (χ2n) is 10.0. The molecule has 1 aromatic carbocycles. The van der Waals surface area contributed by atoms with E-state index in [0.29, 0.717) is 29.9 Å². The molecular weight excluding hydrogens is 480 g/mol. The molecule has 11 heteroatoms. The quantitative estimate of drug-likeness (QED) is 0.447. The summed E-state index contributed by atoms with van der Waals surface area (Å²) in [5, 5.41) is 25.9. The lowest BCUT2D eigenvalue weighted by molar-refractivity contribution is -0.131. The number of hydrogen-bond donors (Lipinski definition) is 3. The van der Waals surface area contributed by atoms with Gasteiger partial charge in [-0.3, -0.25) is 9.69 Å². The van der Waals surface area contributed by atoms with Crippen molar-refractivity contribution in [3.63, 3.8) is 0 Å². The van der Waals surface area contributed by atoms with Crippen LogP contribution in [0.15, 0.2) is 41.5 Å². The molecule has 192 valence electrons. The Morgan fingerprint density at radius 3 is 2.76 bits per heavy atom. The number of nitriles is 1. The number of benzene rings is 1. The van der Waals surface area contributed by atoms with Gasteiger partial charge in [-0.05, 0) is 42.3 Å². The molecule has 0 radical (unpaired) electrons. The van der Waals surface area contributed by atoms with Crippen LogP contribution in [0.3, 0.4) is 0 Å². The Morgan fingerprint density at radius 2 is 2.05 bits per heavy atom. The highest BCUT2D eigenvalue weighted by Crippen LogP contribution is 2.41. The second-order valence-corrected chi connectivity index (χ2v) is 10.0. The van der Waals surface area contributed by atoms with Gasteiger partial charge in [0.25, 0.3) is 11.5 Å². The summed E-state index contributed by atoms with van der Waals surface area (Å²) in [7, 11) is 0. The molecule has 0 amide bonds. The fourth-order valence-electron chi connectivity index (χ4n) is 4.82. The summed E-state index contributed by atoms with van der Waals surface area (Å²) in [6.07, 6.45) is 3.26. The number of aromatic nitrogens is 3. The van der Waals surface area contributed by atoms with Crippen molar-refractivity contribution in [3.05, 3.63) is 63.7 Å². The van der Waals surface area contributed by atoms with Crippen molar-refractivity contribution in [3.8, 4) is 17.3 Å². The fraction of sp³-hybridized carbons (Fsp3) is 0.385. The number of aliphatic hydroxyl groups excluding tert-OH is 1. The minimum atomic E-state index is -2.65. The number of rotatable bonds is 7. The normalized spacial score (nSPS) is 20.0. The van der Waals surface area contributed by atoms with Crippen LogP contribution in [0.25, 0.3) is 11.3 Å². The van der Waals surface area contributed by atoms with Gasteiger partial charge in [-0.15, -0.1) is 0 Å². The monoisotopic (exact) mass is 507 g/mol. The molecule has 3 aromatic rings. The van der Waals surface area contributed by atoms with Crippen LogP contribution in [-0.2, 0) is 12.0 Å². The van der Waals surface area contributed by atoms with Gasteiger partial charge in [0.05, 0.1) is 36.6 Å². The number of pyridine rings is 1. The van der Waals surface area contributed by atoms with E-state index in [9.17, 15) is 23.9 Å². The fourth-order valence-corrected chi connectivity index (χ4v) is 4.82. The van der Waals surface area contributed by atoms with Crippen molar-refractivity contribution < 1.29 is 13.9 Å². The summed E-state index contributed by atoms with van der Waals surface area (Å²) < 4.78 is 27.7. The van der Waals surface area contributed by atoms with Gasteiger partial charge in [-0.2, -0.15) is 5.26 Å². The van der Waals surface area contributed by atoms with Gasteiger partial charge in [0.2, 0.25) is 5.95 Å². The lowest BCUT2D eigenvalue weighted by atomic mass is 9.83. The molecule has 2 aromatic heterocycles. The third kappa shape index (κ3) is 4.77. The van der Waals surface area contributed by atoms with Crippen molar-refractivity contribution in [2.24, 2.45) is 0 Å². The van der Waals surface area contributed by atoms with Gasteiger partial charge >= 0.3 is 0 Å². The number of nitrogens with one attached hydrogen (secondary N) is 2. The maximum absolute atomic E-state index is 13.1. The molecule has 0 unspecified atom stereocenters. The Morgan fingerprint density at radius 1 is 1.27 bits per heavy atom. The predicted molar refractivity (Wildman–Crippen MR) is 135 cm³/mol. The van der Waals surface area contributed by atoms with Gasteiger partial charge in [0.15, 0.2) is 0 Å². The maximum atomic E-state index is 13.1. The SMILES string of the molecule is Cc1cc(Nc2nccc(-c3cc(C#N)c4c(c3)[C@@](C)(CO)CN4)n2)c(=O)n(CCN2CC(F)(F)C2)c1. The number of nitrogens with zero attached hydrogens (tertiary/aromatic N) is 5. The van der Waals surface area contributed by atoms with E-state index in [1.165, 1.54) is 4.57 Å². The largest absolute Gasteiger partial charge is 0.395 e. The number of halogens is 2. The average Bonchev–Trinajstić information content (AvgIpc) is 3.20.